The fourth-order valence-electron chi connectivity index (χ4n) is 5.35. The van der Waals surface area contributed by atoms with Crippen molar-refractivity contribution in [1.29, 1.82) is 0 Å². The summed E-state index contributed by atoms with van der Waals surface area (Å²) in [5.41, 5.74) is 6.20. The van der Waals surface area contributed by atoms with Crippen molar-refractivity contribution in [2.45, 2.75) is 68.8 Å². The molecule has 2 fully saturated rings. The van der Waals surface area contributed by atoms with Gasteiger partial charge < -0.3 is 25.6 Å². The number of halogens is 1. The number of aliphatic hydroxyl groups is 1. The van der Waals surface area contributed by atoms with Crippen molar-refractivity contribution in [1.82, 2.24) is 9.62 Å². The summed E-state index contributed by atoms with van der Waals surface area (Å²) in [5.74, 6) is -0.393. The zero-order valence-electron chi connectivity index (χ0n) is 22.3. The molecule has 2 aromatic rings. The predicted octanol–water partition coefficient (Wildman–Crippen LogP) is 3.32. The van der Waals surface area contributed by atoms with Crippen LogP contribution in [0.2, 0.25) is 0 Å². The molecule has 2 aromatic carbocycles. The first-order valence-electron chi connectivity index (χ1n) is 13.4. The van der Waals surface area contributed by atoms with Gasteiger partial charge >= 0.3 is 6.09 Å². The molecule has 11 heteroatoms. The molecule has 1 saturated heterocycles. The molecule has 0 aromatic heterocycles. The molecule has 0 bridgehead atoms. The lowest BCUT2D eigenvalue weighted by molar-refractivity contribution is 0.0554. The highest BCUT2D eigenvalue weighted by atomic mass is 32.2. The summed E-state index contributed by atoms with van der Waals surface area (Å²) < 4.78 is 53.3. The Hall–Kier alpha value is -2.73. The quantitative estimate of drug-likeness (QED) is 0.358. The van der Waals surface area contributed by atoms with Gasteiger partial charge in [0.1, 0.15) is 11.9 Å². The molecule has 0 radical (unpaired) electrons. The monoisotopic (exact) mass is 563 g/mol. The summed E-state index contributed by atoms with van der Waals surface area (Å²) in [4.78, 5) is 12.7. The molecule has 4 N–H and O–H groups in total. The molecule has 2 aliphatic rings. The van der Waals surface area contributed by atoms with Gasteiger partial charge in [-0.15, -0.1) is 0 Å². The summed E-state index contributed by atoms with van der Waals surface area (Å²) >= 11 is 0. The molecule has 1 saturated carbocycles. The van der Waals surface area contributed by atoms with Gasteiger partial charge in [0.15, 0.2) is 0 Å². The Morgan fingerprint density at radius 2 is 1.95 bits per heavy atom. The van der Waals surface area contributed by atoms with Crippen LogP contribution in [0.4, 0.5) is 14.9 Å². The number of nitrogens with two attached hydrogens (primary N) is 1. The van der Waals surface area contributed by atoms with E-state index in [2.05, 4.69) is 5.32 Å². The molecular formula is C28H38FN3O6S. The van der Waals surface area contributed by atoms with E-state index in [-0.39, 0.29) is 48.2 Å². The molecule has 1 amide bonds. The number of nitrogens with zero attached hydrogens (tertiary/aromatic N) is 1. The number of fused-ring (bicyclic) bond motifs is 1. The standard InChI is InChI=1S/C28H38FN3O6S/c1-18(2)16-32(39(35,36)22-8-9-23(29)24(30)15-22)17-26(33)25(12-19-6-4-3-5-7-19)31-28(34)38-21-13-20-10-11-37-27(20)14-21/h3-9,15,18,20-21,25-27,33H,10-14,16-17,30H2,1-2H3,(H,31,34)/t20?,21?,25-,26+,27+/m0/s1. The molecule has 214 valence electrons. The van der Waals surface area contributed by atoms with Crippen molar-refractivity contribution in [3.8, 4) is 0 Å². The van der Waals surface area contributed by atoms with Crippen LogP contribution in [0.3, 0.4) is 0 Å². The SMILES string of the molecule is CC(C)CN(C[C@@H](O)[C@H](Cc1ccccc1)NC(=O)OC1CC2CCO[C@@H]2C1)S(=O)(=O)c1ccc(F)c(N)c1. The van der Waals surface area contributed by atoms with Crippen LogP contribution in [-0.2, 0) is 25.9 Å². The van der Waals surface area contributed by atoms with E-state index >= 15 is 0 Å². The summed E-state index contributed by atoms with van der Waals surface area (Å²) in [7, 11) is -4.12. The van der Waals surface area contributed by atoms with Crippen LogP contribution in [-0.4, -0.2) is 68.0 Å². The van der Waals surface area contributed by atoms with E-state index in [1.807, 2.05) is 44.2 Å². The maximum atomic E-state index is 13.7. The average molecular weight is 564 g/mol. The number of hydrogen-bond acceptors (Lipinski definition) is 7. The number of rotatable bonds is 11. The van der Waals surface area contributed by atoms with Gasteiger partial charge in [-0.05, 0) is 54.9 Å². The molecular weight excluding hydrogens is 525 g/mol. The molecule has 5 atom stereocenters. The Morgan fingerprint density at radius 1 is 1.21 bits per heavy atom. The zero-order chi connectivity index (χ0) is 28.2. The van der Waals surface area contributed by atoms with Gasteiger partial charge in [-0.25, -0.2) is 17.6 Å². The highest BCUT2D eigenvalue weighted by Crippen LogP contribution is 2.37. The van der Waals surface area contributed by atoms with Crippen molar-refractivity contribution in [2.24, 2.45) is 11.8 Å². The number of alkyl carbamates (subject to hydrolysis) is 1. The third-order valence-corrected chi connectivity index (χ3v) is 9.14. The summed E-state index contributed by atoms with van der Waals surface area (Å²) in [6, 6.07) is 11.7. The number of ether oxygens (including phenoxy) is 2. The van der Waals surface area contributed by atoms with Crippen molar-refractivity contribution in [3.05, 3.63) is 59.9 Å². The first-order chi connectivity index (χ1) is 18.5. The largest absolute Gasteiger partial charge is 0.446 e. The van der Waals surface area contributed by atoms with Crippen LogP contribution < -0.4 is 11.1 Å². The van der Waals surface area contributed by atoms with Gasteiger partial charge in [-0.1, -0.05) is 44.2 Å². The van der Waals surface area contributed by atoms with Gasteiger partial charge in [0.25, 0.3) is 0 Å². The minimum atomic E-state index is -4.12. The Kier molecular flexibility index (Phi) is 9.47. The van der Waals surface area contributed by atoms with Gasteiger partial charge in [-0.2, -0.15) is 4.31 Å². The number of carbonyl (C=O) groups is 1. The lowest BCUT2D eigenvalue weighted by atomic mass is 10.0. The number of aliphatic hydroxyl groups excluding tert-OH is 1. The molecule has 1 heterocycles. The Bertz CT molecular complexity index is 1220. The second-order valence-corrected chi connectivity index (χ2v) is 12.8. The number of amides is 1. The van der Waals surface area contributed by atoms with Crippen LogP contribution in [0, 0.1) is 17.7 Å². The highest BCUT2D eigenvalue weighted by molar-refractivity contribution is 7.89. The van der Waals surface area contributed by atoms with E-state index in [1.54, 1.807) is 0 Å². The lowest BCUT2D eigenvalue weighted by Crippen LogP contribution is -2.51. The minimum absolute atomic E-state index is 0.0701. The summed E-state index contributed by atoms with van der Waals surface area (Å²) in [6.45, 7) is 4.25. The molecule has 4 rings (SSSR count). The van der Waals surface area contributed by atoms with Crippen molar-refractivity contribution >= 4 is 21.8 Å². The molecule has 9 nitrogen and oxygen atoms in total. The van der Waals surface area contributed by atoms with Gasteiger partial charge in [0.2, 0.25) is 10.0 Å². The van der Waals surface area contributed by atoms with Crippen LogP contribution >= 0.6 is 0 Å². The number of anilines is 1. The fraction of sp³-hybridized carbons (Fsp3) is 0.536. The summed E-state index contributed by atoms with van der Waals surface area (Å²) in [6.07, 6.45) is 0.521. The Morgan fingerprint density at radius 3 is 2.62 bits per heavy atom. The van der Waals surface area contributed by atoms with Gasteiger partial charge in [0, 0.05) is 26.1 Å². The number of nitrogen functional groups attached to an aromatic ring is 1. The van der Waals surface area contributed by atoms with E-state index in [0.29, 0.717) is 12.3 Å². The number of hydrogen-bond donors (Lipinski definition) is 3. The normalized spacial score (nSPS) is 22.6. The van der Waals surface area contributed by atoms with E-state index in [4.69, 9.17) is 15.2 Å². The predicted molar refractivity (Wildman–Crippen MR) is 145 cm³/mol. The first-order valence-corrected chi connectivity index (χ1v) is 14.8. The van der Waals surface area contributed by atoms with E-state index in [0.717, 1.165) is 47.5 Å². The lowest BCUT2D eigenvalue weighted by Gasteiger charge is -2.31. The molecule has 0 spiro atoms. The third-order valence-electron chi connectivity index (χ3n) is 7.31. The smallest absolute Gasteiger partial charge is 0.407 e. The average Bonchev–Trinajstić information content (AvgIpc) is 3.47. The zero-order valence-corrected chi connectivity index (χ0v) is 23.1. The molecule has 1 aliphatic carbocycles. The van der Waals surface area contributed by atoms with E-state index < -0.39 is 34.1 Å². The first kappa shape index (κ1) is 29.3. The van der Waals surface area contributed by atoms with Crippen LogP contribution in [0.5, 0.6) is 0 Å². The van der Waals surface area contributed by atoms with E-state index in [9.17, 15) is 22.7 Å². The van der Waals surface area contributed by atoms with Crippen LogP contribution in [0.1, 0.15) is 38.7 Å². The highest BCUT2D eigenvalue weighted by Gasteiger charge is 2.40. The third kappa shape index (κ3) is 7.47. The van der Waals surface area contributed by atoms with Crippen molar-refractivity contribution in [3.63, 3.8) is 0 Å². The number of sulfonamides is 1. The van der Waals surface area contributed by atoms with Crippen molar-refractivity contribution in [2.75, 3.05) is 25.4 Å². The minimum Gasteiger partial charge on any atom is -0.446 e. The number of nitrogens with one attached hydrogen (secondary N) is 1. The van der Waals surface area contributed by atoms with Crippen LogP contribution in [0.15, 0.2) is 53.4 Å². The fourth-order valence-corrected chi connectivity index (χ4v) is 7.00. The maximum Gasteiger partial charge on any atom is 0.407 e. The maximum absolute atomic E-state index is 13.7. The Balaban J connectivity index is 1.50. The molecule has 1 aliphatic heterocycles. The van der Waals surface area contributed by atoms with E-state index in [1.165, 1.54) is 0 Å². The van der Waals surface area contributed by atoms with Gasteiger partial charge in [-0.3, -0.25) is 0 Å². The van der Waals surface area contributed by atoms with Crippen molar-refractivity contribution < 1.29 is 32.2 Å². The number of carbonyl (C=O) groups excluding carboxylic acids is 1. The molecule has 39 heavy (non-hydrogen) atoms. The van der Waals surface area contributed by atoms with Crippen LogP contribution in [0.25, 0.3) is 0 Å². The number of benzene rings is 2. The second kappa shape index (κ2) is 12.6. The Labute approximate surface area is 229 Å². The summed E-state index contributed by atoms with van der Waals surface area (Å²) in [5, 5.41) is 14.1. The molecule has 2 unspecified atom stereocenters. The van der Waals surface area contributed by atoms with Gasteiger partial charge in [0.05, 0.1) is 28.8 Å². The second-order valence-electron chi connectivity index (χ2n) is 10.9. The topological polar surface area (TPSA) is 131 Å².